The molecule has 3 N–H and O–H groups in total. The van der Waals surface area contributed by atoms with Crippen molar-refractivity contribution in [3.8, 4) is 11.5 Å². The average Bonchev–Trinajstić information content (AvgIpc) is 2.31. The normalized spacial score (nSPS) is 11.2. The second-order valence-corrected chi connectivity index (χ2v) is 5.02. The highest BCUT2D eigenvalue weighted by atomic mass is 16.5. The number of carboxylic acids is 1. The zero-order valence-corrected chi connectivity index (χ0v) is 11.8. The molecule has 0 unspecified atom stereocenters. The van der Waals surface area contributed by atoms with E-state index in [1.165, 1.54) is 32.9 Å². The molecule has 0 spiro atoms. The lowest BCUT2D eigenvalue weighted by Gasteiger charge is -2.23. The number of aromatic hydroxyl groups is 1. The van der Waals surface area contributed by atoms with Gasteiger partial charge in [-0.3, -0.25) is 4.79 Å². The summed E-state index contributed by atoms with van der Waals surface area (Å²) in [6.45, 7) is 4.86. The predicted molar refractivity (Wildman–Crippen MR) is 72.8 cm³/mol. The molecule has 0 radical (unpaired) electrons. The molecule has 6 heteroatoms. The van der Waals surface area contributed by atoms with E-state index in [1.54, 1.807) is 6.07 Å². The minimum absolute atomic E-state index is 0.00267. The molecule has 0 heterocycles. The van der Waals surface area contributed by atoms with Crippen molar-refractivity contribution in [2.45, 2.75) is 32.9 Å². The zero-order chi connectivity index (χ0) is 15.3. The van der Waals surface area contributed by atoms with Gasteiger partial charge in [-0.25, -0.2) is 4.79 Å². The van der Waals surface area contributed by atoms with Gasteiger partial charge >= 0.3 is 5.97 Å². The van der Waals surface area contributed by atoms with Crippen LogP contribution >= 0.6 is 0 Å². The molecular formula is C14H19NO5. The van der Waals surface area contributed by atoms with Crippen molar-refractivity contribution in [3.05, 3.63) is 23.8 Å². The van der Waals surface area contributed by atoms with Gasteiger partial charge in [-0.1, -0.05) is 6.07 Å². The van der Waals surface area contributed by atoms with E-state index in [4.69, 9.17) is 9.84 Å². The number of rotatable bonds is 7. The maximum absolute atomic E-state index is 11.1. The van der Waals surface area contributed by atoms with Crippen molar-refractivity contribution in [1.82, 2.24) is 5.32 Å². The highest BCUT2D eigenvalue weighted by Gasteiger charge is 2.30. The Bertz CT molecular complexity index is 510. The number of phenolic OH excluding ortho intramolecular Hbond substituents is 1. The molecule has 6 nitrogen and oxygen atoms in total. The van der Waals surface area contributed by atoms with E-state index < -0.39 is 11.6 Å². The Morgan fingerprint density at radius 3 is 2.55 bits per heavy atom. The Morgan fingerprint density at radius 2 is 2.00 bits per heavy atom. The molecule has 0 aliphatic heterocycles. The van der Waals surface area contributed by atoms with Crippen molar-refractivity contribution < 1.29 is 24.5 Å². The van der Waals surface area contributed by atoms with E-state index in [1.807, 2.05) is 0 Å². The standard InChI is InChI=1S/C14H19NO5/c1-9(16)7-15-8-10-4-5-11(17)6-12(10)20-14(2,3)13(18)19/h4-6,15,17H,7-8H2,1-3H3,(H,18,19). The van der Waals surface area contributed by atoms with E-state index in [-0.39, 0.29) is 23.8 Å². The molecule has 0 aliphatic rings. The van der Waals surface area contributed by atoms with Crippen molar-refractivity contribution in [1.29, 1.82) is 0 Å². The number of carbonyl (C=O) groups is 2. The number of benzene rings is 1. The number of carbonyl (C=O) groups excluding carboxylic acids is 1. The largest absolute Gasteiger partial charge is 0.508 e. The van der Waals surface area contributed by atoms with Gasteiger partial charge in [0.2, 0.25) is 0 Å². The Balaban J connectivity index is 2.90. The third-order valence-electron chi connectivity index (χ3n) is 2.62. The summed E-state index contributed by atoms with van der Waals surface area (Å²) in [5.41, 5.74) is -0.748. The highest BCUT2D eigenvalue weighted by molar-refractivity contribution is 5.77. The topological polar surface area (TPSA) is 95.9 Å². The first-order chi connectivity index (χ1) is 9.22. The molecule has 1 rings (SSSR count). The molecule has 20 heavy (non-hydrogen) atoms. The SMILES string of the molecule is CC(=O)CNCc1ccc(O)cc1OC(C)(C)C(=O)O. The fourth-order valence-corrected chi connectivity index (χ4v) is 1.48. The van der Waals surface area contributed by atoms with E-state index in [0.717, 1.165) is 0 Å². The Morgan fingerprint density at radius 1 is 1.35 bits per heavy atom. The fourth-order valence-electron chi connectivity index (χ4n) is 1.48. The second-order valence-electron chi connectivity index (χ2n) is 5.02. The van der Waals surface area contributed by atoms with Crippen molar-refractivity contribution in [2.75, 3.05) is 6.54 Å². The monoisotopic (exact) mass is 281 g/mol. The molecule has 0 saturated carbocycles. The van der Waals surface area contributed by atoms with Crippen LogP contribution in [0.4, 0.5) is 0 Å². The Kier molecular flexibility index (Phi) is 5.10. The van der Waals surface area contributed by atoms with Gasteiger partial charge < -0.3 is 20.3 Å². The first-order valence-electron chi connectivity index (χ1n) is 6.17. The predicted octanol–water partition coefficient (Wildman–Crippen LogP) is 1.31. The molecule has 0 amide bonds. The molecule has 110 valence electrons. The van der Waals surface area contributed by atoms with Crippen LogP contribution in [-0.2, 0) is 16.1 Å². The van der Waals surface area contributed by atoms with Crippen LogP contribution in [0.15, 0.2) is 18.2 Å². The van der Waals surface area contributed by atoms with Crippen LogP contribution in [0.5, 0.6) is 11.5 Å². The zero-order valence-electron chi connectivity index (χ0n) is 11.8. The molecule has 1 aromatic rings. The Hall–Kier alpha value is -2.08. The molecule has 0 aromatic heterocycles. The third kappa shape index (κ3) is 4.55. The minimum atomic E-state index is -1.41. The smallest absolute Gasteiger partial charge is 0.347 e. The maximum atomic E-state index is 11.1. The molecule has 0 fully saturated rings. The van der Waals surface area contributed by atoms with Gasteiger partial charge in [0.25, 0.3) is 0 Å². The van der Waals surface area contributed by atoms with E-state index in [0.29, 0.717) is 12.1 Å². The lowest BCUT2D eigenvalue weighted by Crippen LogP contribution is -2.38. The van der Waals surface area contributed by atoms with Crippen LogP contribution in [0.1, 0.15) is 26.3 Å². The average molecular weight is 281 g/mol. The number of hydrogen-bond acceptors (Lipinski definition) is 5. The summed E-state index contributed by atoms with van der Waals surface area (Å²) in [7, 11) is 0. The van der Waals surface area contributed by atoms with Gasteiger partial charge in [-0.05, 0) is 26.8 Å². The van der Waals surface area contributed by atoms with Gasteiger partial charge in [0.05, 0.1) is 6.54 Å². The van der Waals surface area contributed by atoms with Gasteiger partial charge in [-0.2, -0.15) is 0 Å². The van der Waals surface area contributed by atoms with E-state index >= 15 is 0 Å². The van der Waals surface area contributed by atoms with Crippen LogP contribution < -0.4 is 10.1 Å². The van der Waals surface area contributed by atoms with Crippen LogP contribution in [0, 0.1) is 0 Å². The molecule has 1 aromatic carbocycles. The number of ketones is 1. The third-order valence-corrected chi connectivity index (χ3v) is 2.62. The van der Waals surface area contributed by atoms with Crippen LogP contribution in [0.2, 0.25) is 0 Å². The van der Waals surface area contributed by atoms with E-state index in [9.17, 15) is 14.7 Å². The molecule has 0 saturated heterocycles. The first-order valence-corrected chi connectivity index (χ1v) is 6.17. The quantitative estimate of drug-likeness (QED) is 0.697. The lowest BCUT2D eigenvalue weighted by molar-refractivity contribution is -0.152. The summed E-state index contributed by atoms with van der Waals surface area (Å²) in [6, 6.07) is 4.45. The highest BCUT2D eigenvalue weighted by Crippen LogP contribution is 2.27. The first kappa shape index (κ1) is 16.0. The Labute approximate surface area is 117 Å². The number of phenols is 1. The molecular weight excluding hydrogens is 262 g/mol. The molecule has 0 aliphatic carbocycles. The summed E-state index contributed by atoms with van der Waals surface area (Å²) in [4.78, 5) is 22.0. The van der Waals surface area contributed by atoms with Gasteiger partial charge in [0.15, 0.2) is 5.60 Å². The summed E-state index contributed by atoms with van der Waals surface area (Å²) in [6.07, 6.45) is 0. The minimum Gasteiger partial charge on any atom is -0.508 e. The van der Waals surface area contributed by atoms with Crippen molar-refractivity contribution in [3.63, 3.8) is 0 Å². The summed E-state index contributed by atoms with van der Waals surface area (Å²) < 4.78 is 5.45. The number of carboxylic acid groups (broad SMARTS) is 1. The lowest BCUT2D eigenvalue weighted by atomic mass is 10.1. The maximum Gasteiger partial charge on any atom is 0.347 e. The van der Waals surface area contributed by atoms with Crippen LogP contribution in [0.3, 0.4) is 0 Å². The summed E-state index contributed by atoms with van der Waals surface area (Å²) in [5, 5.41) is 21.5. The molecule has 0 atom stereocenters. The van der Waals surface area contributed by atoms with Crippen LogP contribution in [0.25, 0.3) is 0 Å². The number of nitrogens with one attached hydrogen (secondary N) is 1. The summed E-state index contributed by atoms with van der Waals surface area (Å²) >= 11 is 0. The van der Waals surface area contributed by atoms with Crippen LogP contribution in [-0.4, -0.2) is 34.1 Å². The van der Waals surface area contributed by atoms with E-state index in [2.05, 4.69) is 5.32 Å². The van der Waals surface area contributed by atoms with Gasteiger partial charge in [0, 0.05) is 18.2 Å². The van der Waals surface area contributed by atoms with Crippen molar-refractivity contribution >= 4 is 11.8 Å². The number of ether oxygens (including phenoxy) is 1. The second kappa shape index (κ2) is 6.38. The number of Topliss-reactive ketones (excluding diaryl/α,β-unsaturated/α-hetero) is 1. The van der Waals surface area contributed by atoms with Gasteiger partial charge in [0.1, 0.15) is 17.3 Å². The number of hydrogen-bond donors (Lipinski definition) is 3. The van der Waals surface area contributed by atoms with Gasteiger partial charge in [-0.15, -0.1) is 0 Å². The number of aliphatic carboxylic acids is 1. The molecule has 0 bridgehead atoms. The fraction of sp³-hybridized carbons (Fsp3) is 0.429. The van der Waals surface area contributed by atoms with Crippen molar-refractivity contribution in [2.24, 2.45) is 0 Å². The summed E-state index contributed by atoms with van der Waals surface area (Å²) in [5.74, 6) is -0.856.